The van der Waals surface area contributed by atoms with Gasteiger partial charge in [-0.1, -0.05) is 48.5 Å². The average Bonchev–Trinajstić information content (AvgIpc) is 2.84. The lowest BCUT2D eigenvalue weighted by Gasteiger charge is -2.33. The lowest BCUT2D eigenvalue weighted by molar-refractivity contribution is -0.117. The smallest absolute Gasteiger partial charge is 0.238 e. The molecular weight excluding hydrogens is 468 g/mol. The van der Waals surface area contributed by atoms with Gasteiger partial charge in [0.1, 0.15) is 0 Å². The molecule has 1 aliphatic rings. The first kappa shape index (κ1) is 24.4. The van der Waals surface area contributed by atoms with Crippen LogP contribution >= 0.6 is 11.8 Å². The number of sulfonamides is 1. The lowest BCUT2D eigenvalue weighted by Crippen LogP contribution is -2.50. The number of piperazine rings is 1. The van der Waals surface area contributed by atoms with Crippen LogP contribution in [0.15, 0.2) is 84.0 Å². The molecule has 1 aliphatic heterocycles. The monoisotopic (exact) mass is 496 g/mol. The van der Waals surface area contributed by atoms with Gasteiger partial charge < -0.3 is 5.32 Å². The number of anilines is 1. The minimum absolute atomic E-state index is 0.00326. The van der Waals surface area contributed by atoms with Gasteiger partial charge in [0.2, 0.25) is 15.9 Å². The van der Waals surface area contributed by atoms with E-state index in [9.17, 15) is 13.2 Å². The van der Waals surface area contributed by atoms with Gasteiger partial charge in [-0.2, -0.15) is 4.31 Å². The molecule has 0 radical (unpaired) electrons. The van der Waals surface area contributed by atoms with E-state index in [0.717, 1.165) is 27.6 Å². The number of aromatic nitrogens is 1. The van der Waals surface area contributed by atoms with Gasteiger partial charge in [0.15, 0.2) is 0 Å². The van der Waals surface area contributed by atoms with Crippen molar-refractivity contribution in [3.05, 3.63) is 90.1 Å². The van der Waals surface area contributed by atoms with E-state index in [1.807, 2.05) is 77.7 Å². The molecule has 1 amide bonds. The standard InChI is InChI=1S/C25H28N4O3S2/c30-24(27-23-10-6-9-22(17-23)19-33-25-11-4-5-12-26-25)18-28-13-15-29(16-14-28)34(31,32)20-21-7-2-1-3-8-21/h1-12,17H,13-16,18-20H2,(H,27,30). The van der Waals surface area contributed by atoms with E-state index in [0.29, 0.717) is 26.2 Å². The van der Waals surface area contributed by atoms with Gasteiger partial charge in [-0.3, -0.25) is 9.69 Å². The SMILES string of the molecule is O=C(CN1CCN(S(=O)(=O)Cc2ccccc2)CC1)Nc1cccc(CSc2ccccn2)c1. The number of thioether (sulfide) groups is 1. The molecular formula is C25H28N4O3S2. The molecule has 1 fully saturated rings. The van der Waals surface area contributed by atoms with Crippen molar-refractivity contribution in [2.45, 2.75) is 16.5 Å². The Morgan fingerprint density at radius 1 is 0.912 bits per heavy atom. The molecule has 0 aliphatic carbocycles. The number of pyridine rings is 1. The van der Waals surface area contributed by atoms with Crippen molar-refractivity contribution in [3.8, 4) is 0 Å². The van der Waals surface area contributed by atoms with Crippen molar-refractivity contribution in [2.75, 3.05) is 38.0 Å². The first-order valence-corrected chi connectivity index (χ1v) is 13.7. The second-order valence-corrected chi connectivity index (χ2v) is 11.1. The van der Waals surface area contributed by atoms with Gasteiger partial charge in [0.05, 0.1) is 17.3 Å². The molecule has 0 unspecified atom stereocenters. The molecule has 9 heteroatoms. The fraction of sp³-hybridized carbons (Fsp3) is 0.280. The zero-order chi connectivity index (χ0) is 23.8. The van der Waals surface area contributed by atoms with Gasteiger partial charge in [-0.05, 0) is 35.4 Å². The lowest BCUT2D eigenvalue weighted by atomic mass is 10.2. The Hall–Kier alpha value is -2.72. The van der Waals surface area contributed by atoms with Crippen LogP contribution < -0.4 is 5.32 Å². The highest BCUT2D eigenvalue weighted by molar-refractivity contribution is 7.98. The van der Waals surface area contributed by atoms with Crippen molar-refractivity contribution < 1.29 is 13.2 Å². The summed E-state index contributed by atoms with van der Waals surface area (Å²) >= 11 is 1.65. The molecule has 2 heterocycles. The van der Waals surface area contributed by atoms with E-state index in [1.54, 1.807) is 18.0 Å². The maximum absolute atomic E-state index is 12.7. The van der Waals surface area contributed by atoms with Gasteiger partial charge in [-0.15, -0.1) is 11.8 Å². The molecule has 1 saturated heterocycles. The Bertz CT molecular complexity index is 1180. The molecule has 178 valence electrons. The Kier molecular flexibility index (Phi) is 8.34. The highest BCUT2D eigenvalue weighted by atomic mass is 32.2. The summed E-state index contributed by atoms with van der Waals surface area (Å²) in [6.07, 6.45) is 1.78. The van der Waals surface area contributed by atoms with Crippen LogP contribution in [0.3, 0.4) is 0 Å². The summed E-state index contributed by atoms with van der Waals surface area (Å²) in [4.78, 5) is 18.9. The molecule has 0 bridgehead atoms. The second-order valence-electron chi connectivity index (χ2n) is 8.12. The zero-order valence-corrected chi connectivity index (χ0v) is 20.5. The molecule has 1 N–H and O–H groups in total. The largest absolute Gasteiger partial charge is 0.325 e. The highest BCUT2D eigenvalue weighted by Gasteiger charge is 2.27. The summed E-state index contributed by atoms with van der Waals surface area (Å²) in [6, 6.07) is 22.8. The fourth-order valence-electron chi connectivity index (χ4n) is 3.77. The quantitative estimate of drug-likeness (QED) is 0.457. The number of nitrogens with zero attached hydrogens (tertiary/aromatic N) is 3. The van der Waals surface area contributed by atoms with Gasteiger partial charge in [-0.25, -0.2) is 13.4 Å². The molecule has 4 rings (SSSR count). The summed E-state index contributed by atoms with van der Waals surface area (Å²) in [5.74, 6) is 0.666. The van der Waals surface area contributed by atoms with Crippen molar-refractivity contribution in [3.63, 3.8) is 0 Å². The van der Waals surface area contributed by atoms with Crippen LogP contribution in [0.2, 0.25) is 0 Å². The molecule has 34 heavy (non-hydrogen) atoms. The minimum atomic E-state index is -3.37. The topological polar surface area (TPSA) is 82.6 Å². The molecule has 0 spiro atoms. The molecule has 7 nitrogen and oxygen atoms in total. The van der Waals surface area contributed by atoms with Crippen molar-refractivity contribution >= 4 is 33.4 Å². The number of hydrogen-bond acceptors (Lipinski definition) is 6. The highest BCUT2D eigenvalue weighted by Crippen LogP contribution is 2.22. The van der Waals surface area contributed by atoms with Gasteiger partial charge >= 0.3 is 0 Å². The predicted molar refractivity (Wildman–Crippen MR) is 136 cm³/mol. The van der Waals surface area contributed by atoms with Gasteiger partial charge in [0.25, 0.3) is 0 Å². The first-order chi connectivity index (χ1) is 16.5. The Balaban J connectivity index is 1.23. The summed E-state index contributed by atoms with van der Waals surface area (Å²) in [5, 5.41) is 3.92. The number of carbonyl (C=O) groups is 1. The number of carbonyl (C=O) groups excluding carboxylic acids is 1. The number of nitrogens with one attached hydrogen (secondary N) is 1. The van der Waals surface area contributed by atoms with E-state index in [4.69, 9.17) is 0 Å². The van der Waals surface area contributed by atoms with Crippen LogP contribution in [0.25, 0.3) is 0 Å². The average molecular weight is 497 g/mol. The van der Waals surface area contributed by atoms with E-state index >= 15 is 0 Å². The van der Waals surface area contributed by atoms with Crippen LogP contribution in [0.4, 0.5) is 5.69 Å². The maximum atomic E-state index is 12.7. The molecule has 2 aromatic carbocycles. The molecule has 0 saturated carbocycles. The van der Waals surface area contributed by atoms with Crippen molar-refractivity contribution in [1.29, 1.82) is 0 Å². The normalized spacial score (nSPS) is 15.2. The Morgan fingerprint density at radius 3 is 2.38 bits per heavy atom. The summed E-state index contributed by atoms with van der Waals surface area (Å²) in [5.41, 5.74) is 2.64. The molecule has 0 atom stereocenters. The van der Waals surface area contributed by atoms with Crippen LogP contribution in [-0.2, 0) is 26.3 Å². The third kappa shape index (κ3) is 7.14. The summed E-state index contributed by atoms with van der Waals surface area (Å²) < 4.78 is 27.0. The molecule has 1 aromatic heterocycles. The van der Waals surface area contributed by atoms with Crippen LogP contribution in [0.1, 0.15) is 11.1 Å². The maximum Gasteiger partial charge on any atom is 0.238 e. The number of rotatable bonds is 9. The van der Waals surface area contributed by atoms with E-state index in [1.165, 1.54) is 4.31 Å². The van der Waals surface area contributed by atoms with Crippen LogP contribution in [0, 0.1) is 0 Å². The number of hydrogen-bond donors (Lipinski definition) is 1. The van der Waals surface area contributed by atoms with Crippen molar-refractivity contribution in [1.82, 2.24) is 14.2 Å². The van der Waals surface area contributed by atoms with Gasteiger partial charge in [0, 0.05) is 43.8 Å². The Labute approximate surface area is 205 Å². The third-order valence-electron chi connectivity index (χ3n) is 5.52. The zero-order valence-electron chi connectivity index (χ0n) is 18.8. The predicted octanol–water partition coefficient (Wildman–Crippen LogP) is 3.46. The van der Waals surface area contributed by atoms with Crippen molar-refractivity contribution in [2.24, 2.45) is 0 Å². The molecule has 3 aromatic rings. The van der Waals surface area contributed by atoms with E-state index in [2.05, 4.69) is 10.3 Å². The first-order valence-electron chi connectivity index (χ1n) is 11.1. The van der Waals surface area contributed by atoms with Crippen LogP contribution in [-0.4, -0.2) is 61.2 Å². The van der Waals surface area contributed by atoms with Crippen LogP contribution in [0.5, 0.6) is 0 Å². The second kappa shape index (κ2) is 11.6. The summed E-state index contributed by atoms with van der Waals surface area (Å²) in [6.45, 7) is 2.08. The summed E-state index contributed by atoms with van der Waals surface area (Å²) in [7, 11) is -3.37. The Morgan fingerprint density at radius 2 is 1.65 bits per heavy atom. The minimum Gasteiger partial charge on any atom is -0.325 e. The van der Waals surface area contributed by atoms with E-state index < -0.39 is 10.0 Å². The number of amides is 1. The fourth-order valence-corrected chi connectivity index (χ4v) is 6.09. The van der Waals surface area contributed by atoms with E-state index in [-0.39, 0.29) is 18.2 Å². The third-order valence-corrected chi connectivity index (χ3v) is 8.38. The number of benzene rings is 2.